The molecule has 7 heteroatoms. The van der Waals surface area contributed by atoms with Gasteiger partial charge in [-0.1, -0.05) is 41.7 Å². The van der Waals surface area contributed by atoms with E-state index in [1.807, 2.05) is 37.3 Å². The molecule has 0 fully saturated rings. The largest absolute Gasteiger partial charge is 0.277 e. The zero-order chi connectivity index (χ0) is 13.5. The Morgan fingerprint density at radius 1 is 1.15 bits per heavy atom. The molecule has 0 unspecified atom stereocenters. The van der Waals surface area contributed by atoms with Gasteiger partial charge in [0.1, 0.15) is 0 Å². The normalized spacial score (nSPS) is 11.2. The molecule has 0 aliphatic rings. The van der Waals surface area contributed by atoms with Gasteiger partial charge in [0, 0.05) is 5.56 Å². The fraction of sp³-hybridized carbons (Fsp3) is 0.0769. The van der Waals surface area contributed by atoms with Crippen LogP contribution in [0.4, 0.5) is 0 Å². The molecule has 20 heavy (non-hydrogen) atoms. The number of aromatic nitrogens is 6. The first-order chi connectivity index (χ1) is 9.83. The first-order valence-corrected chi connectivity index (χ1v) is 6.92. The minimum absolute atomic E-state index is 0.784. The van der Waals surface area contributed by atoms with Crippen molar-refractivity contribution in [2.75, 3.05) is 0 Å². The van der Waals surface area contributed by atoms with Gasteiger partial charge in [0.15, 0.2) is 10.8 Å². The van der Waals surface area contributed by atoms with E-state index >= 15 is 0 Å². The van der Waals surface area contributed by atoms with E-state index in [2.05, 4.69) is 25.5 Å². The number of hydrogen-bond donors (Lipinski definition) is 1. The van der Waals surface area contributed by atoms with Crippen LogP contribution in [0.2, 0.25) is 0 Å². The lowest BCUT2D eigenvalue weighted by Crippen LogP contribution is -1.89. The fourth-order valence-corrected chi connectivity index (χ4v) is 3.00. The van der Waals surface area contributed by atoms with Gasteiger partial charge in [0.2, 0.25) is 4.96 Å². The van der Waals surface area contributed by atoms with Crippen molar-refractivity contribution in [2.24, 2.45) is 0 Å². The van der Waals surface area contributed by atoms with Crippen LogP contribution in [0.1, 0.15) is 5.82 Å². The summed E-state index contributed by atoms with van der Waals surface area (Å²) in [5.74, 6) is 0.784. The molecule has 3 aromatic heterocycles. The summed E-state index contributed by atoms with van der Waals surface area (Å²) in [7, 11) is 0. The van der Waals surface area contributed by atoms with Crippen molar-refractivity contribution in [3.8, 4) is 21.8 Å². The van der Waals surface area contributed by atoms with Crippen LogP contribution in [0, 0.1) is 6.92 Å². The summed E-state index contributed by atoms with van der Waals surface area (Å²) in [6, 6.07) is 10.1. The molecule has 0 aliphatic heterocycles. The predicted octanol–water partition coefficient (Wildman–Crippen LogP) is 2.55. The number of nitrogens with zero attached hydrogens (tertiary/aromatic N) is 5. The maximum atomic E-state index is 4.55. The highest BCUT2D eigenvalue weighted by molar-refractivity contribution is 7.19. The first kappa shape index (κ1) is 11.3. The molecule has 0 spiro atoms. The van der Waals surface area contributed by atoms with Gasteiger partial charge in [0.25, 0.3) is 0 Å². The topological polar surface area (TPSA) is 71.8 Å². The SMILES string of the molecule is Cc1nnc2sc(-c3cn[nH]c3-c3ccccc3)nn12. The van der Waals surface area contributed by atoms with Crippen LogP contribution in [0.15, 0.2) is 36.5 Å². The second-order valence-electron chi connectivity index (χ2n) is 4.37. The lowest BCUT2D eigenvalue weighted by Gasteiger charge is -1.99. The lowest BCUT2D eigenvalue weighted by molar-refractivity contribution is 0.898. The van der Waals surface area contributed by atoms with Crippen molar-refractivity contribution in [2.45, 2.75) is 6.92 Å². The Labute approximate surface area is 118 Å². The molecule has 3 heterocycles. The highest BCUT2D eigenvalue weighted by Crippen LogP contribution is 2.32. The zero-order valence-electron chi connectivity index (χ0n) is 10.6. The van der Waals surface area contributed by atoms with E-state index in [1.165, 1.54) is 11.3 Å². The maximum absolute atomic E-state index is 4.55. The summed E-state index contributed by atoms with van der Waals surface area (Å²) in [6.07, 6.45) is 1.80. The molecule has 4 rings (SSSR count). The van der Waals surface area contributed by atoms with E-state index in [9.17, 15) is 0 Å². The van der Waals surface area contributed by atoms with Crippen molar-refractivity contribution in [3.63, 3.8) is 0 Å². The minimum atomic E-state index is 0.784. The van der Waals surface area contributed by atoms with Crippen LogP contribution in [0.5, 0.6) is 0 Å². The molecule has 0 saturated carbocycles. The number of nitrogens with one attached hydrogen (secondary N) is 1. The van der Waals surface area contributed by atoms with Crippen LogP contribution < -0.4 is 0 Å². The zero-order valence-corrected chi connectivity index (χ0v) is 11.4. The highest BCUT2D eigenvalue weighted by Gasteiger charge is 2.16. The van der Waals surface area contributed by atoms with Crippen LogP contribution in [0.3, 0.4) is 0 Å². The van der Waals surface area contributed by atoms with Gasteiger partial charge in [-0.2, -0.15) is 14.7 Å². The second kappa shape index (κ2) is 4.24. The smallest absolute Gasteiger partial charge is 0.234 e. The third-order valence-electron chi connectivity index (χ3n) is 3.08. The molecule has 98 valence electrons. The molecule has 0 amide bonds. The van der Waals surface area contributed by atoms with Crippen molar-refractivity contribution in [1.82, 2.24) is 30.0 Å². The molecule has 4 aromatic rings. The van der Waals surface area contributed by atoms with Crippen molar-refractivity contribution in [3.05, 3.63) is 42.4 Å². The number of aromatic amines is 1. The molecule has 0 radical (unpaired) electrons. The summed E-state index contributed by atoms with van der Waals surface area (Å²) >= 11 is 1.50. The van der Waals surface area contributed by atoms with Gasteiger partial charge < -0.3 is 0 Å². The molecular weight excluding hydrogens is 272 g/mol. The van der Waals surface area contributed by atoms with Gasteiger partial charge in [-0.3, -0.25) is 5.10 Å². The van der Waals surface area contributed by atoms with E-state index < -0.39 is 0 Å². The molecule has 0 atom stereocenters. The summed E-state index contributed by atoms with van der Waals surface area (Å²) in [4.78, 5) is 0.790. The van der Waals surface area contributed by atoms with E-state index in [0.717, 1.165) is 32.6 Å². The Morgan fingerprint density at radius 3 is 2.80 bits per heavy atom. The van der Waals surface area contributed by atoms with E-state index in [1.54, 1.807) is 10.7 Å². The number of aryl methyl sites for hydroxylation is 1. The van der Waals surface area contributed by atoms with Crippen LogP contribution >= 0.6 is 11.3 Å². The van der Waals surface area contributed by atoms with Crippen LogP contribution in [-0.2, 0) is 0 Å². The fourth-order valence-electron chi connectivity index (χ4n) is 2.10. The Balaban J connectivity index is 1.89. The lowest BCUT2D eigenvalue weighted by atomic mass is 10.1. The first-order valence-electron chi connectivity index (χ1n) is 6.11. The van der Waals surface area contributed by atoms with Crippen molar-refractivity contribution < 1.29 is 0 Å². The molecule has 0 aliphatic carbocycles. The van der Waals surface area contributed by atoms with Crippen molar-refractivity contribution in [1.29, 1.82) is 0 Å². The molecule has 1 aromatic carbocycles. The summed E-state index contributed by atoms with van der Waals surface area (Å²) in [5.41, 5.74) is 3.03. The van der Waals surface area contributed by atoms with Crippen LogP contribution in [-0.4, -0.2) is 30.0 Å². The quantitative estimate of drug-likeness (QED) is 0.613. The molecule has 6 nitrogen and oxygen atoms in total. The molecule has 0 bridgehead atoms. The van der Waals surface area contributed by atoms with E-state index in [0.29, 0.717) is 0 Å². The predicted molar refractivity (Wildman–Crippen MR) is 76.4 cm³/mol. The Morgan fingerprint density at radius 2 is 2.00 bits per heavy atom. The van der Waals surface area contributed by atoms with Gasteiger partial charge in [-0.15, -0.1) is 10.2 Å². The van der Waals surface area contributed by atoms with Crippen LogP contribution in [0.25, 0.3) is 26.8 Å². The Kier molecular flexibility index (Phi) is 2.40. The number of fused-ring (bicyclic) bond motifs is 1. The standard InChI is InChI=1S/C13H10N6S/c1-8-15-17-13-19(8)18-12(20-13)10-7-14-16-11(10)9-5-3-2-4-6-9/h2-7H,1H3,(H,14,16). The second-order valence-corrected chi connectivity index (χ2v) is 5.33. The Hall–Kier alpha value is -2.54. The third kappa shape index (κ3) is 1.64. The average Bonchev–Trinajstić information content (AvgIpc) is 3.17. The van der Waals surface area contributed by atoms with Gasteiger partial charge in [-0.05, 0) is 6.92 Å². The Bertz CT molecular complexity index is 873. The maximum Gasteiger partial charge on any atom is 0.234 e. The number of benzene rings is 1. The highest BCUT2D eigenvalue weighted by atomic mass is 32.1. The summed E-state index contributed by atoms with van der Waals surface area (Å²) < 4.78 is 1.75. The summed E-state index contributed by atoms with van der Waals surface area (Å²) in [5, 5.41) is 20.7. The van der Waals surface area contributed by atoms with Gasteiger partial charge >= 0.3 is 0 Å². The van der Waals surface area contributed by atoms with E-state index in [4.69, 9.17) is 0 Å². The van der Waals surface area contributed by atoms with Crippen molar-refractivity contribution >= 4 is 16.3 Å². The molecule has 1 N–H and O–H groups in total. The minimum Gasteiger partial charge on any atom is -0.277 e. The number of rotatable bonds is 2. The summed E-state index contributed by atoms with van der Waals surface area (Å²) in [6.45, 7) is 1.89. The monoisotopic (exact) mass is 282 g/mol. The average molecular weight is 282 g/mol. The number of H-pyrrole nitrogens is 1. The number of hydrogen-bond acceptors (Lipinski definition) is 5. The van der Waals surface area contributed by atoms with Gasteiger partial charge in [-0.25, -0.2) is 0 Å². The third-order valence-corrected chi connectivity index (χ3v) is 4.01. The van der Waals surface area contributed by atoms with E-state index in [-0.39, 0.29) is 0 Å². The molecule has 0 saturated heterocycles. The molecular formula is C13H10N6S. The van der Waals surface area contributed by atoms with Gasteiger partial charge in [0.05, 0.1) is 17.5 Å².